The Hall–Kier alpha value is -3.21. The monoisotopic (exact) mass is 401 g/mol. The third kappa shape index (κ3) is 4.67. The molecule has 0 radical (unpaired) electrons. The first-order valence-corrected chi connectivity index (χ1v) is 10.4. The normalized spacial score (nSPS) is 16.3. The van der Waals surface area contributed by atoms with E-state index in [9.17, 15) is 4.79 Å². The zero-order chi connectivity index (χ0) is 20.9. The first kappa shape index (κ1) is 20.1. The molecule has 0 saturated carbocycles. The fourth-order valence-corrected chi connectivity index (χ4v) is 4.00. The van der Waals surface area contributed by atoms with Crippen LogP contribution in [0.15, 0.2) is 60.9 Å². The Balaban J connectivity index is 1.45. The molecule has 1 amide bonds. The minimum Gasteiger partial charge on any atom is -0.497 e. The van der Waals surface area contributed by atoms with Crippen LogP contribution in [0.1, 0.15) is 35.6 Å². The topological polar surface area (TPSA) is 55.3 Å². The van der Waals surface area contributed by atoms with Crippen molar-refractivity contribution in [1.29, 1.82) is 0 Å². The van der Waals surface area contributed by atoms with E-state index in [1.54, 1.807) is 7.11 Å². The molecule has 0 aliphatic carbocycles. The van der Waals surface area contributed by atoms with Crippen LogP contribution in [0.2, 0.25) is 0 Å². The summed E-state index contributed by atoms with van der Waals surface area (Å²) < 4.78 is 5.19. The molecule has 1 atom stereocenters. The molecule has 5 heteroatoms. The number of hydrogen-bond acceptors (Lipinski definition) is 4. The Morgan fingerprint density at radius 3 is 2.77 bits per heavy atom. The average Bonchev–Trinajstić information content (AvgIpc) is 2.80. The van der Waals surface area contributed by atoms with Gasteiger partial charge in [-0.15, -0.1) is 0 Å². The van der Waals surface area contributed by atoms with Gasteiger partial charge in [0.05, 0.1) is 31.1 Å². The standard InChI is InChI=1S/C25H27N3O2/c1-18-5-3-6-20(13-18)23-15-26-16-24(27-23)21-7-4-12-28(17-21)25(29)14-19-8-10-22(30-2)11-9-19/h3,5-6,8-11,13,15-16,21H,4,7,12,14,17H2,1-2H3. The molecule has 2 heterocycles. The fourth-order valence-electron chi connectivity index (χ4n) is 4.00. The second kappa shape index (κ2) is 9.08. The van der Waals surface area contributed by atoms with Gasteiger partial charge in [0.15, 0.2) is 0 Å². The van der Waals surface area contributed by atoms with Gasteiger partial charge in [-0.2, -0.15) is 0 Å². The third-order valence-corrected chi connectivity index (χ3v) is 5.67. The molecular formula is C25H27N3O2. The highest BCUT2D eigenvalue weighted by Gasteiger charge is 2.26. The highest BCUT2D eigenvalue weighted by atomic mass is 16.5. The van der Waals surface area contributed by atoms with Gasteiger partial charge in [0.1, 0.15) is 5.75 Å². The van der Waals surface area contributed by atoms with E-state index in [4.69, 9.17) is 9.72 Å². The summed E-state index contributed by atoms with van der Waals surface area (Å²) in [5, 5.41) is 0. The van der Waals surface area contributed by atoms with Crippen molar-refractivity contribution in [1.82, 2.24) is 14.9 Å². The molecule has 0 bridgehead atoms. The zero-order valence-corrected chi connectivity index (χ0v) is 17.5. The lowest BCUT2D eigenvalue weighted by Crippen LogP contribution is -2.40. The highest BCUT2D eigenvalue weighted by Crippen LogP contribution is 2.27. The average molecular weight is 402 g/mol. The largest absolute Gasteiger partial charge is 0.497 e. The first-order chi connectivity index (χ1) is 14.6. The number of hydrogen-bond donors (Lipinski definition) is 0. The van der Waals surface area contributed by atoms with Crippen LogP contribution in [0, 0.1) is 6.92 Å². The van der Waals surface area contributed by atoms with E-state index in [0.717, 1.165) is 47.7 Å². The number of rotatable bonds is 5. The van der Waals surface area contributed by atoms with Crippen molar-refractivity contribution >= 4 is 5.91 Å². The molecule has 1 aliphatic rings. The van der Waals surface area contributed by atoms with Gasteiger partial charge in [-0.1, -0.05) is 35.9 Å². The van der Waals surface area contributed by atoms with E-state index in [1.165, 1.54) is 5.56 Å². The predicted octanol–water partition coefficient (Wildman–Crippen LogP) is 4.41. The smallest absolute Gasteiger partial charge is 0.227 e. The van der Waals surface area contributed by atoms with Crippen molar-refractivity contribution in [2.24, 2.45) is 0 Å². The van der Waals surface area contributed by atoms with Crippen molar-refractivity contribution in [3.05, 3.63) is 77.7 Å². The van der Waals surface area contributed by atoms with Crippen molar-refractivity contribution in [2.45, 2.75) is 32.1 Å². The Morgan fingerprint density at radius 2 is 2.00 bits per heavy atom. The summed E-state index contributed by atoms with van der Waals surface area (Å²) in [5.41, 5.74) is 5.14. The van der Waals surface area contributed by atoms with Gasteiger partial charge in [0.25, 0.3) is 0 Å². The van der Waals surface area contributed by atoms with E-state index in [0.29, 0.717) is 13.0 Å². The number of carbonyl (C=O) groups excluding carboxylic acids is 1. The number of piperidine rings is 1. The third-order valence-electron chi connectivity index (χ3n) is 5.67. The molecule has 30 heavy (non-hydrogen) atoms. The second-order valence-corrected chi connectivity index (χ2v) is 7.90. The molecule has 1 saturated heterocycles. The lowest BCUT2D eigenvalue weighted by molar-refractivity contribution is -0.131. The Morgan fingerprint density at radius 1 is 1.17 bits per heavy atom. The highest BCUT2D eigenvalue weighted by molar-refractivity contribution is 5.79. The van der Waals surface area contributed by atoms with E-state index in [-0.39, 0.29) is 11.8 Å². The molecule has 1 unspecified atom stereocenters. The maximum Gasteiger partial charge on any atom is 0.227 e. The number of aromatic nitrogens is 2. The predicted molar refractivity (Wildman–Crippen MR) is 117 cm³/mol. The maximum atomic E-state index is 12.9. The molecule has 3 aromatic rings. The maximum absolute atomic E-state index is 12.9. The summed E-state index contributed by atoms with van der Waals surface area (Å²) in [4.78, 5) is 24.2. The summed E-state index contributed by atoms with van der Waals surface area (Å²) in [6.45, 7) is 3.58. The van der Waals surface area contributed by atoms with Gasteiger partial charge in [-0.05, 0) is 43.5 Å². The van der Waals surface area contributed by atoms with Crippen molar-refractivity contribution in [2.75, 3.05) is 20.2 Å². The summed E-state index contributed by atoms with van der Waals surface area (Å²) in [5.74, 6) is 1.18. The summed E-state index contributed by atoms with van der Waals surface area (Å²) in [6, 6.07) is 16.0. The Bertz CT molecular complexity index is 1020. The van der Waals surface area contributed by atoms with Crippen molar-refractivity contribution in [3.63, 3.8) is 0 Å². The zero-order valence-electron chi connectivity index (χ0n) is 17.5. The van der Waals surface area contributed by atoms with Crippen LogP contribution in [0.3, 0.4) is 0 Å². The van der Waals surface area contributed by atoms with Gasteiger partial charge < -0.3 is 9.64 Å². The number of aryl methyl sites for hydroxylation is 1. The van der Waals surface area contributed by atoms with Crippen LogP contribution in [0.4, 0.5) is 0 Å². The van der Waals surface area contributed by atoms with Gasteiger partial charge in [-0.3, -0.25) is 9.78 Å². The van der Waals surface area contributed by atoms with Crippen molar-refractivity contribution < 1.29 is 9.53 Å². The van der Waals surface area contributed by atoms with E-state index >= 15 is 0 Å². The fraction of sp³-hybridized carbons (Fsp3) is 0.320. The van der Waals surface area contributed by atoms with Crippen LogP contribution in [-0.4, -0.2) is 41.0 Å². The summed E-state index contributed by atoms with van der Waals surface area (Å²) in [6.07, 6.45) is 6.08. The van der Waals surface area contributed by atoms with E-state index in [2.05, 4.69) is 30.1 Å². The number of methoxy groups -OCH3 is 1. The number of amides is 1. The number of nitrogens with zero attached hydrogens (tertiary/aromatic N) is 3. The minimum atomic E-state index is 0.160. The summed E-state index contributed by atoms with van der Waals surface area (Å²) in [7, 11) is 1.64. The van der Waals surface area contributed by atoms with E-state index < -0.39 is 0 Å². The summed E-state index contributed by atoms with van der Waals surface area (Å²) >= 11 is 0. The molecule has 1 aromatic heterocycles. The van der Waals surface area contributed by atoms with Crippen LogP contribution in [0.5, 0.6) is 5.75 Å². The molecule has 1 aliphatic heterocycles. The van der Waals surface area contributed by atoms with Gasteiger partial charge in [0.2, 0.25) is 5.91 Å². The van der Waals surface area contributed by atoms with Crippen molar-refractivity contribution in [3.8, 4) is 17.0 Å². The second-order valence-electron chi connectivity index (χ2n) is 7.90. The lowest BCUT2D eigenvalue weighted by atomic mass is 9.94. The van der Waals surface area contributed by atoms with Gasteiger partial charge >= 0.3 is 0 Å². The quantitative estimate of drug-likeness (QED) is 0.635. The molecular weight excluding hydrogens is 374 g/mol. The van der Waals surface area contributed by atoms with Crippen LogP contribution < -0.4 is 4.74 Å². The van der Waals surface area contributed by atoms with Gasteiger partial charge in [0, 0.05) is 30.8 Å². The molecule has 154 valence electrons. The minimum absolute atomic E-state index is 0.160. The first-order valence-electron chi connectivity index (χ1n) is 10.4. The number of ether oxygens (including phenoxy) is 1. The number of carbonyl (C=O) groups is 1. The molecule has 2 aromatic carbocycles. The molecule has 0 N–H and O–H groups in total. The lowest BCUT2D eigenvalue weighted by Gasteiger charge is -2.32. The molecule has 0 spiro atoms. The number of likely N-dealkylation sites (tertiary alicyclic amines) is 1. The molecule has 5 nitrogen and oxygen atoms in total. The SMILES string of the molecule is COc1ccc(CC(=O)N2CCCC(c3cncc(-c4cccc(C)c4)n3)C2)cc1. The van der Waals surface area contributed by atoms with E-state index in [1.807, 2.05) is 47.6 Å². The number of benzene rings is 2. The van der Waals surface area contributed by atoms with Crippen LogP contribution in [-0.2, 0) is 11.2 Å². The Labute approximate surface area is 177 Å². The van der Waals surface area contributed by atoms with Crippen LogP contribution >= 0.6 is 0 Å². The van der Waals surface area contributed by atoms with Crippen LogP contribution in [0.25, 0.3) is 11.3 Å². The molecule has 4 rings (SSSR count). The Kier molecular flexibility index (Phi) is 6.07. The van der Waals surface area contributed by atoms with Gasteiger partial charge in [-0.25, -0.2) is 4.98 Å². The molecule has 1 fully saturated rings.